The number of carbonyl (C=O) groups is 2. The maximum atomic E-state index is 13.6. The van der Waals surface area contributed by atoms with Crippen LogP contribution in [0.25, 0.3) is 0 Å². The number of carbonyl (C=O) groups excluding carboxylic acids is 2. The highest BCUT2D eigenvalue weighted by Crippen LogP contribution is 2.14. The molecular weight excluding hydrogens is 352 g/mol. The van der Waals surface area contributed by atoms with Crippen molar-refractivity contribution in [1.82, 2.24) is 5.32 Å². The molecule has 0 aliphatic heterocycles. The molecule has 0 saturated carbocycles. The number of amides is 1. The lowest BCUT2D eigenvalue weighted by Crippen LogP contribution is -2.43. The Balaban J connectivity index is 2.11. The zero-order valence-electron chi connectivity index (χ0n) is 13.4. The van der Waals surface area contributed by atoms with E-state index >= 15 is 0 Å². The second kappa shape index (κ2) is 8.58. The van der Waals surface area contributed by atoms with Gasteiger partial charge >= 0.3 is 5.97 Å². The van der Waals surface area contributed by atoms with Gasteiger partial charge in [-0.1, -0.05) is 29.8 Å². The van der Waals surface area contributed by atoms with Gasteiger partial charge in [0.2, 0.25) is 5.91 Å². The van der Waals surface area contributed by atoms with Crippen molar-refractivity contribution >= 4 is 23.5 Å². The van der Waals surface area contributed by atoms with E-state index in [1.165, 1.54) is 13.2 Å². The fourth-order valence-corrected chi connectivity index (χ4v) is 2.56. The standard InChI is InChI=1S/C18H16ClF2NO3/c1-25-18(24)16(9-11-4-2-5-12(19)8-11)22-17(23)10-13-14(20)6-3-7-15(13)21/h2-8,16H,9-10H2,1H3,(H,22,23)/t16-/m1/s1. The zero-order chi connectivity index (χ0) is 18.4. The third-order valence-corrected chi connectivity index (χ3v) is 3.78. The van der Waals surface area contributed by atoms with E-state index in [9.17, 15) is 18.4 Å². The van der Waals surface area contributed by atoms with E-state index in [2.05, 4.69) is 10.1 Å². The molecule has 0 heterocycles. The molecule has 0 aliphatic rings. The molecular formula is C18H16ClF2NO3. The number of halogens is 3. The molecule has 4 nitrogen and oxygen atoms in total. The Morgan fingerprint density at radius 3 is 2.40 bits per heavy atom. The van der Waals surface area contributed by atoms with E-state index in [0.29, 0.717) is 10.6 Å². The summed E-state index contributed by atoms with van der Waals surface area (Å²) in [5.41, 5.74) is 0.353. The minimum Gasteiger partial charge on any atom is -0.467 e. The van der Waals surface area contributed by atoms with E-state index in [4.69, 9.17) is 11.6 Å². The number of hydrogen-bond donors (Lipinski definition) is 1. The van der Waals surface area contributed by atoms with Gasteiger partial charge in [0.1, 0.15) is 17.7 Å². The maximum absolute atomic E-state index is 13.6. The SMILES string of the molecule is COC(=O)[C@@H](Cc1cccc(Cl)c1)NC(=O)Cc1c(F)cccc1F. The van der Waals surface area contributed by atoms with Gasteiger partial charge in [-0.25, -0.2) is 13.6 Å². The largest absolute Gasteiger partial charge is 0.467 e. The van der Waals surface area contributed by atoms with Crippen molar-refractivity contribution in [2.24, 2.45) is 0 Å². The number of hydrogen-bond acceptors (Lipinski definition) is 3. The normalized spacial score (nSPS) is 11.7. The number of rotatable bonds is 6. The first-order valence-corrected chi connectivity index (χ1v) is 7.83. The number of nitrogens with one attached hydrogen (secondary N) is 1. The summed E-state index contributed by atoms with van der Waals surface area (Å²) >= 11 is 5.90. The highest BCUT2D eigenvalue weighted by Gasteiger charge is 2.23. The molecule has 0 aliphatic carbocycles. The fourth-order valence-electron chi connectivity index (χ4n) is 2.34. The quantitative estimate of drug-likeness (QED) is 0.798. The monoisotopic (exact) mass is 367 g/mol. The molecule has 132 valence electrons. The average molecular weight is 368 g/mol. The molecule has 2 rings (SSSR count). The first-order valence-electron chi connectivity index (χ1n) is 7.45. The molecule has 1 N–H and O–H groups in total. The Bertz CT molecular complexity index is 762. The smallest absolute Gasteiger partial charge is 0.328 e. The lowest BCUT2D eigenvalue weighted by atomic mass is 10.0. The second-order valence-corrected chi connectivity index (χ2v) is 5.79. The first-order chi connectivity index (χ1) is 11.9. The van der Waals surface area contributed by atoms with Crippen LogP contribution >= 0.6 is 11.6 Å². The van der Waals surface area contributed by atoms with Crippen LogP contribution in [0, 0.1) is 11.6 Å². The van der Waals surface area contributed by atoms with Crippen molar-refractivity contribution in [3.05, 3.63) is 70.2 Å². The van der Waals surface area contributed by atoms with Gasteiger partial charge in [0, 0.05) is 17.0 Å². The molecule has 0 bridgehead atoms. The Morgan fingerprint density at radius 2 is 1.80 bits per heavy atom. The number of methoxy groups -OCH3 is 1. The molecule has 0 unspecified atom stereocenters. The Kier molecular flexibility index (Phi) is 6.47. The zero-order valence-corrected chi connectivity index (χ0v) is 14.1. The van der Waals surface area contributed by atoms with Crippen LogP contribution in [-0.2, 0) is 27.2 Å². The topological polar surface area (TPSA) is 55.4 Å². The van der Waals surface area contributed by atoms with Crippen LogP contribution in [0.2, 0.25) is 5.02 Å². The predicted octanol–water partition coefficient (Wildman–Crippen LogP) is 3.06. The van der Waals surface area contributed by atoms with Gasteiger partial charge in [-0.2, -0.15) is 0 Å². The Labute approximate surface area is 148 Å². The summed E-state index contributed by atoms with van der Waals surface area (Å²) < 4.78 is 32.0. The predicted molar refractivity (Wildman–Crippen MR) is 89.2 cm³/mol. The van der Waals surface area contributed by atoms with Gasteiger partial charge in [-0.3, -0.25) is 4.79 Å². The van der Waals surface area contributed by atoms with Crippen molar-refractivity contribution < 1.29 is 23.1 Å². The molecule has 1 amide bonds. The van der Waals surface area contributed by atoms with Crippen LogP contribution in [0.3, 0.4) is 0 Å². The fraction of sp³-hybridized carbons (Fsp3) is 0.222. The number of ether oxygens (including phenoxy) is 1. The van der Waals surface area contributed by atoms with Gasteiger partial charge in [0.05, 0.1) is 13.5 Å². The molecule has 1 atom stereocenters. The summed E-state index contributed by atoms with van der Waals surface area (Å²) in [6.07, 6.45) is -0.389. The Hall–Kier alpha value is -2.47. The molecule has 0 saturated heterocycles. The van der Waals surface area contributed by atoms with Crippen LogP contribution in [0.15, 0.2) is 42.5 Å². The number of benzene rings is 2. The third kappa shape index (κ3) is 5.26. The molecule has 25 heavy (non-hydrogen) atoms. The van der Waals surface area contributed by atoms with E-state index in [1.807, 2.05) is 0 Å². The molecule has 0 aromatic heterocycles. The third-order valence-electron chi connectivity index (χ3n) is 3.55. The van der Waals surface area contributed by atoms with Crippen molar-refractivity contribution in [1.29, 1.82) is 0 Å². The van der Waals surface area contributed by atoms with Crippen LogP contribution < -0.4 is 5.32 Å². The van der Waals surface area contributed by atoms with Crippen LogP contribution in [-0.4, -0.2) is 25.0 Å². The summed E-state index contributed by atoms with van der Waals surface area (Å²) in [7, 11) is 1.19. The second-order valence-electron chi connectivity index (χ2n) is 5.35. The molecule has 0 fully saturated rings. The van der Waals surface area contributed by atoms with E-state index in [0.717, 1.165) is 12.1 Å². The lowest BCUT2D eigenvalue weighted by Gasteiger charge is -2.17. The van der Waals surface area contributed by atoms with Crippen molar-refractivity contribution in [3.63, 3.8) is 0 Å². The van der Waals surface area contributed by atoms with Crippen LogP contribution in [0.4, 0.5) is 8.78 Å². The summed E-state index contributed by atoms with van der Waals surface area (Å²) in [6, 6.07) is 9.13. The van der Waals surface area contributed by atoms with E-state index in [1.54, 1.807) is 24.3 Å². The number of esters is 1. The summed E-state index contributed by atoms with van der Waals surface area (Å²) in [5, 5.41) is 2.94. The minimum atomic E-state index is -0.995. The minimum absolute atomic E-state index is 0.138. The lowest BCUT2D eigenvalue weighted by molar-refractivity contribution is -0.145. The maximum Gasteiger partial charge on any atom is 0.328 e. The average Bonchev–Trinajstić information content (AvgIpc) is 2.57. The van der Waals surface area contributed by atoms with Crippen LogP contribution in [0.5, 0.6) is 0 Å². The van der Waals surface area contributed by atoms with E-state index < -0.39 is 36.0 Å². The molecule has 0 radical (unpaired) electrons. The van der Waals surface area contributed by atoms with Gasteiger partial charge in [0.25, 0.3) is 0 Å². The summed E-state index contributed by atoms with van der Waals surface area (Å²) in [4.78, 5) is 24.0. The van der Waals surface area contributed by atoms with Crippen molar-refractivity contribution in [2.75, 3.05) is 7.11 Å². The van der Waals surface area contributed by atoms with Crippen molar-refractivity contribution in [2.45, 2.75) is 18.9 Å². The molecule has 0 spiro atoms. The highest BCUT2D eigenvalue weighted by atomic mass is 35.5. The van der Waals surface area contributed by atoms with Gasteiger partial charge < -0.3 is 10.1 Å². The summed E-state index contributed by atoms with van der Waals surface area (Å²) in [5.74, 6) is -3.00. The highest BCUT2D eigenvalue weighted by molar-refractivity contribution is 6.30. The summed E-state index contributed by atoms with van der Waals surface area (Å²) in [6.45, 7) is 0. The van der Waals surface area contributed by atoms with Gasteiger partial charge in [-0.15, -0.1) is 0 Å². The molecule has 2 aromatic carbocycles. The van der Waals surface area contributed by atoms with E-state index in [-0.39, 0.29) is 12.0 Å². The van der Waals surface area contributed by atoms with Gasteiger partial charge in [-0.05, 0) is 29.8 Å². The van der Waals surface area contributed by atoms with Crippen molar-refractivity contribution in [3.8, 4) is 0 Å². The van der Waals surface area contributed by atoms with Crippen LogP contribution in [0.1, 0.15) is 11.1 Å². The molecule has 2 aromatic rings. The van der Waals surface area contributed by atoms with Gasteiger partial charge in [0.15, 0.2) is 0 Å². The Morgan fingerprint density at radius 1 is 1.16 bits per heavy atom. The molecule has 7 heteroatoms. The first kappa shape index (κ1) is 18.9.